The fourth-order valence-corrected chi connectivity index (χ4v) is 16.8. The third-order valence-corrected chi connectivity index (χ3v) is 24.2. The van der Waals surface area contributed by atoms with E-state index in [1.54, 1.807) is 97.1 Å². The molecule has 12 N–H and O–H groups in total. The number of hydrogen-bond donors (Lipinski definition) is 8. The average molecular weight is 1520 g/mol. The van der Waals surface area contributed by atoms with Crippen molar-refractivity contribution < 1.29 is 33.7 Å². The van der Waals surface area contributed by atoms with E-state index in [0.29, 0.717) is 0 Å². The summed E-state index contributed by atoms with van der Waals surface area (Å²) in [6, 6.07) is 91.8. The van der Waals surface area contributed by atoms with Crippen molar-refractivity contribution in [1.29, 1.82) is 0 Å². The van der Waals surface area contributed by atoms with Crippen LogP contribution in [0.2, 0.25) is 0 Å². The second-order valence-corrected chi connectivity index (χ2v) is 33.9. The summed E-state index contributed by atoms with van der Waals surface area (Å²) in [6.45, 7) is 15.7. The van der Waals surface area contributed by atoms with E-state index in [9.17, 15) is 33.7 Å². The lowest BCUT2D eigenvalue weighted by Gasteiger charge is -2.26. The van der Waals surface area contributed by atoms with Gasteiger partial charge in [-0.15, -0.1) is 0 Å². The fourth-order valence-electron chi connectivity index (χ4n) is 11.8. The van der Waals surface area contributed by atoms with E-state index >= 15 is 0 Å². The van der Waals surface area contributed by atoms with Crippen LogP contribution in [0.1, 0.15) is 137 Å². The van der Waals surface area contributed by atoms with Gasteiger partial charge in [0.25, 0.3) is 0 Å². The van der Waals surface area contributed by atoms with Crippen LogP contribution in [0.25, 0.3) is 0 Å². The maximum atomic E-state index is 13.0. The highest BCUT2D eigenvalue weighted by Crippen LogP contribution is 2.34. The first-order valence-corrected chi connectivity index (χ1v) is 41.2. The van der Waals surface area contributed by atoms with Gasteiger partial charge in [0.2, 0.25) is 40.1 Å². The Balaban J connectivity index is 0.000000166. The van der Waals surface area contributed by atoms with Gasteiger partial charge in [0, 0.05) is 0 Å². The molecule has 108 heavy (non-hydrogen) atoms. The van der Waals surface area contributed by atoms with Crippen LogP contribution in [0.5, 0.6) is 0 Å². The number of rotatable bonds is 24. The Morgan fingerprint density at radius 1 is 0.185 bits per heavy atom. The van der Waals surface area contributed by atoms with Crippen molar-refractivity contribution in [3.8, 4) is 0 Å². The molecule has 0 aromatic heterocycles. The molecule has 0 unspecified atom stereocenters. The molecule has 0 aliphatic rings. The lowest BCUT2D eigenvalue weighted by molar-refractivity contribution is 0.503. The van der Waals surface area contributed by atoms with Gasteiger partial charge in [0.1, 0.15) is 0 Å². The molecule has 560 valence electrons. The maximum Gasteiger partial charge on any atom is 0.241 e. The quantitative estimate of drug-likeness (QED) is 0.0280. The maximum absolute atomic E-state index is 13.0. The Labute approximate surface area is 639 Å². The van der Waals surface area contributed by atoms with Crippen molar-refractivity contribution in [2.24, 2.45) is 22.9 Å². The van der Waals surface area contributed by atoms with Crippen molar-refractivity contribution >= 4 is 40.1 Å². The average Bonchev–Trinajstić information content (AvgIpc) is 1.12. The largest absolute Gasteiger partial charge is 0.322 e. The molecule has 0 spiro atoms. The van der Waals surface area contributed by atoms with Crippen LogP contribution in [0.4, 0.5) is 0 Å². The minimum absolute atomic E-state index is 0.226. The van der Waals surface area contributed by atoms with E-state index in [4.69, 9.17) is 22.9 Å². The van der Waals surface area contributed by atoms with E-state index in [1.807, 2.05) is 274 Å². The lowest BCUT2D eigenvalue weighted by Crippen LogP contribution is -2.36. The van der Waals surface area contributed by atoms with E-state index in [-0.39, 0.29) is 19.6 Å². The van der Waals surface area contributed by atoms with Crippen molar-refractivity contribution in [3.63, 3.8) is 0 Å². The predicted octanol–water partition coefficient (Wildman–Crippen LogP) is 16.1. The summed E-state index contributed by atoms with van der Waals surface area (Å²) in [4.78, 5) is 0.909. The number of aryl methyl sites for hydroxylation is 8. The molecule has 12 rings (SSSR count). The van der Waals surface area contributed by atoms with Crippen LogP contribution < -0.4 is 41.8 Å². The Bertz CT molecular complexity index is 4940. The molecule has 0 radical (unpaired) electrons. The summed E-state index contributed by atoms with van der Waals surface area (Å²) in [7, 11) is -14.9. The molecule has 0 saturated carbocycles. The van der Waals surface area contributed by atoms with Gasteiger partial charge in [-0.2, -0.15) is 0 Å². The van der Waals surface area contributed by atoms with Crippen molar-refractivity contribution in [1.82, 2.24) is 18.9 Å². The molecule has 0 aliphatic heterocycles. The molecule has 0 bridgehead atoms. The van der Waals surface area contributed by atoms with Gasteiger partial charge < -0.3 is 22.9 Å². The van der Waals surface area contributed by atoms with Crippen LogP contribution >= 0.6 is 0 Å². The lowest BCUT2D eigenvalue weighted by atomic mass is 9.94. The smallest absolute Gasteiger partial charge is 0.241 e. The summed E-state index contributed by atoms with van der Waals surface area (Å²) < 4.78 is 115. The van der Waals surface area contributed by atoms with E-state index in [2.05, 4.69) is 18.9 Å². The minimum atomic E-state index is -3.73. The number of benzene rings is 12. The molecule has 0 fully saturated rings. The molecular weight excluding hydrogens is 1430 g/mol. The van der Waals surface area contributed by atoms with E-state index in [1.165, 1.54) is 0 Å². The molecule has 0 aliphatic carbocycles. The van der Waals surface area contributed by atoms with Crippen molar-refractivity contribution in [2.45, 2.75) is 123 Å². The molecule has 0 heterocycles. The zero-order valence-corrected chi connectivity index (χ0v) is 65.1. The summed E-state index contributed by atoms with van der Waals surface area (Å²) in [5, 5.41) is 0. The molecular formula is C88H96N8O8S4. The first-order valence-electron chi connectivity index (χ1n) is 35.3. The minimum Gasteiger partial charge on any atom is -0.322 e. The van der Waals surface area contributed by atoms with Crippen LogP contribution in [0.3, 0.4) is 0 Å². The van der Waals surface area contributed by atoms with Gasteiger partial charge in [0.15, 0.2) is 0 Å². The number of nitrogens with one attached hydrogen (secondary N) is 4. The Kier molecular flexibility index (Phi) is 28.7. The monoisotopic (exact) mass is 1520 g/mol. The molecule has 0 saturated heterocycles. The van der Waals surface area contributed by atoms with Gasteiger partial charge in [-0.25, -0.2) is 52.6 Å². The number of nitrogens with two attached hydrogens (primary N) is 4. The normalized spacial score (nSPS) is 13.9. The van der Waals surface area contributed by atoms with Gasteiger partial charge in [-0.3, -0.25) is 0 Å². The Morgan fingerprint density at radius 2 is 0.315 bits per heavy atom. The molecule has 12 aromatic carbocycles. The van der Waals surface area contributed by atoms with Crippen LogP contribution in [0, 0.1) is 55.4 Å². The Hall–Kier alpha value is -9.88. The second kappa shape index (κ2) is 37.8. The van der Waals surface area contributed by atoms with E-state index < -0.39 is 88.4 Å². The van der Waals surface area contributed by atoms with Crippen molar-refractivity contribution in [2.75, 3.05) is 0 Å². The van der Waals surface area contributed by atoms with Gasteiger partial charge in [-0.1, -0.05) is 311 Å². The van der Waals surface area contributed by atoms with Crippen molar-refractivity contribution in [3.05, 3.63) is 404 Å². The second-order valence-electron chi connectivity index (χ2n) is 27.0. The number of sulfonamides is 4. The summed E-state index contributed by atoms with van der Waals surface area (Å²) in [5.74, 6) is 0. The summed E-state index contributed by atoms with van der Waals surface area (Å²) in [5.41, 5.74) is 41.3. The van der Waals surface area contributed by atoms with Crippen LogP contribution in [0.15, 0.2) is 335 Å². The number of hydrogen-bond acceptors (Lipinski definition) is 12. The summed E-state index contributed by atoms with van der Waals surface area (Å²) in [6.07, 6.45) is 0. The molecule has 0 amide bonds. The molecule has 8 atom stereocenters. The predicted molar refractivity (Wildman–Crippen MR) is 435 cm³/mol. The van der Waals surface area contributed by atoms with Gasteiger partial charge in [-0.05, 0) is 148 Å². The third-order valence-electron chi connectivity index (χ3n) is 18.4. The zero-order chi connectivity index (χ0) is 77.8. The third kappa shape index (κ3) is 23.1. The zero-order valence-electron chi connectivity index (χ0n) is 61.8. The first kappa shape index (κ1) is 82.2. The van der Waals surface area contributed by atoms with Crippen LogP contribution in [-0.2, 0) is 40.1 Å². The molecule has 16 nitrogen and oxygen atoms in total. The topological polar surface area (TPSA) is 289 Å². The Morgan fingerprint density at radius 3 is 0.491 bits per heavy atom. The molecule has 12 aromatic rings. The van der Waals surface area contributed by atoms with E-state index in [0.717, 1.165) is 89.0 Å². The van der Waals surface area contributed by atoms with Crippen LogP contribution in [-0.4, -0.2) is 33.7 Å². The first-order chi connectivity index (χ1) is 51.5. The molecule has 20 heteroatoms. The van der Waals surface area contributed by atoms with Gasteiger partial charge >= 0.3 is 0 Å². The SMILES string of the molecule is Cc1ccc(S(=O)(=O)N[C@@H](c2ccccc2)[C@@H](N)c2ccccc2)cc1.Cc1ccc(S(=O)(=O)N[C@H](c2ccccc2)[C@H](N)c2ccccc2)cc1.Cc1ccc([C@@H](N)[C@H](NS(=O)(=O)c2ccc(C)cc2)c2ccc(C)cc2)cc1.Cc1ccc([C@H](N)[C@@H](NS(=O)(=O)c2ccc(C)cc2)c2ccc(C)cc2)cc1. The highest BCUT2D eigenvalue weighted by Gasteiger charge is 2.32. The van der Waals surface area contributed by atoms with Gasteiger partial charge in [0.05, 0.1) is 67.9 Å². The standard InChI is InChI=1S/2C23H26N2O2S.2C21H22N2O2S/c2*1-16-4-10-19(11-5-16)22(24)23(20-12-6-17(2)7-13-20)25-28(26,27)21-14-8-18(3)9-15-21;2*1-16-12-14-19(15-13-16)26(24,25)23-21(18-10-6-3-7-11-18)20(22)17-8-4-2-5-9-17/h2*4-15,22-23,25H,24H2,1-3H3;2*2-15,20-21,23H,22H2,1H3/t2*22-,23-;2*20-,21-/m1010/s1. The summed E-state index contributed by atoms with van der Waals surface area (Å²) >= 11 is 0. The highest BCUT2D eigenvalue weighted by molar-refractivity contribution is 7.90. The highest BCUT2D eigenvalue weighted by atomic mass is 32.2. The fraction of sp³-hybridized carbons (Fsp3) is 0.182.